The smallest absolute Gasteiger partial charge is 0.229 e. The highest BCUT2D eigenvalue weighted by molar-refractivity contribution is 6.31. The third-order valence-corrected chi connectivity index (χ3v) is 4.08. The molecule has 0 fully saturated rings. The Balaban J connectivity index is 1.81. The first-order valence-corrected chi connectivity index (χ1v) is 8.18. The Labute approximate surface area is 156 Å². The maximum atomic E-state index is 8.85. The lowest BCUT2D eigenvalue weighted by molar-refractivity contribution is 0.416. The van der Waals surface area contributed by atoms with Crippen molar-refractivity contribution in [1.82, 2.24) is 9.97 Å². The van der Waals surface area contributed by atoms with Crippen molar-refractivity contribution in [2.24, 2.45) is 0 Å². The van der Waals surface area contributed by atoms with Gasteiger partial charge >= 0.3 is 0 Å². The molecule has 7 heteroatoms. The van der Waals surface area contributed by atoms with Crippen LogP contribution in [0, 0.1) is 18.3 Å². The molecule has 0 saturated carbocycles. The molecule has 0 amide bonds. The van der Waals surface area contributed by atoms with Crippen LogP contribution < -0.4 is 15.4 Å². The number of ether oxygens (including phenoxy) is 1. The van der Waals surface area contributed by atoms with E-state index < -0.39 is 0 Å². The molecule has 0 saturated heterocycles. The summed E-state index contributed by atoms with van der Waals surface area (Å²) in [4.78, 5) is 8.66. The lowest BCUT2D eigenvalue weighted by Crippen LogP contribution is -2.01. The topological polar surface area (TPSA) is 82.9 Å². The molecule has 0 atom stereocenters. The van der Waals surface area contributed by atoms with Gasteiger partial charge in [-0.25, -0.2) is 4.98 Å². The third-order valence-electron chi connectivity index (χ3n) is 3.67. The molecule has 3 rings (SSSR count). The molecular formula is C19H16ClN5O. The zero-order valence-electron chi connectivity index (χ0n) is 14.2. The van der Waals surface area contributed by atoms with Crippen LogP contribution in [0.5, 0.6) is 5.75 Å². The van der Waals surface area contributed by atoms with Gasteiger partial charge in [0.2, 0.25) is 5.95 Å². The Morgan fingerprint density at radius 1 is 1.12 bits per heavy atom. The minimum atomic E-state index is 0.435. The van der Waals surface area contributed by atoms with Crippen molar-refractivity contribution in [3.8, 4) is 11.8 Å². The SMILES string of the molecule is COc1cc(Cl)c(C)cc1Nc1ccnc(Nc2ccc(C#N)cc2)n1. The molecule has 2 N–H and O–H groups in total. The third kappa shape index (κ3) is 4.02. The second-order valence-corrected chi connectivity index (χ2v) is 5.91. The van der Waals surface area contributed by atoms with Gasteiger partial charge in [-0.3, -0.25) is 0 Å². The summed E-state index contributed by atoms with van der Waals surface area (Å²) < 4.78 is 5.37. The molecule has 0 radical (unpaired) electrons. The molecule has 0 spiro atoms. The van der Waals surface area contributed by atoms with Crippen LogP contribution in [0.2, 0.25) is 5.02 Å². The molecule has 2 aromatic carbocycles. The molecule has 3 aromatic rings. The molecule has 130 valence electrons. The fourth-order valence-electron chi connectivity index (χ4n) is 2.31. The first-order valence-electron chi connectivity index (χ1n) is 7.80. The highest BCUT2D eigenvalue weighted by atomic mass is 35.5. The Bertz CT molecular complexity index is 967. The fourth-order valence-corrected chi connectivity index (χ4v) is 2.47. The van der Waals surface area contributed by atoms with Gasteiger partial charge in [-0.05, 0) is 48.9 Å². The van der Waals surface area contributed by atoms with E-state index in [0.717, 1.165) is 16.9 Å². The number of rotatable bonds is 5. The van der Waals surface area contributed by atoms with E-state index in [1.54, 1.807) is 49.7 Å². The summed E-state index contributed by atoms with van der Waals surface area (Å²) in [7, 11) is 1.59. The van der Waals surface area contributed by atoms with Gasteiger partial charge in [0.15, 0.2) is 0 Å². The number of methoxy groups -OCH3 is 1. The summed E-state index contributed by atoms with van der Waals surface area (Å²) >= 11 is 6.14. The normalized spacial score (nSPS) is 10.1. The summed E-state index contributed by atoms with van der Waals surface area (Å²) in [6.07, 6.45) is 1.65. The number of hydrogen-bond acceptors (Lipinski definition) is 6. The zero-order chi connectivity index (χ0) is 18.5. The molecule has 1 aromatic heterocycles. The van der Waals surface area contributed by atoms with Crippen molar-refractivity contribution < 1.29 is 4.74 Å². The molecule has 26 heavy (non-hydrogen) atoms. The first-order chi connectivity index (χ1) is 12.6. The van der Waals surface area contributed by atoms with Crippen molar-refractivity contribution >= 4 is 34.7 Å². The average molecular weight is 366 g/mol. The molecule has 0 aliphatic heterocycles. The van der Waals surface area contributed by atoms with Crippen LogP contribution in [-0.4, -0.2) is 17.1 Å². The first kappa shape index (κ1) is 17.5. The van der Waals surface area contributed by atoms with Crippen LogP contribution in [0.25, 0.3) is 0 Å². The number of benzene rings is 2. The molecule has 6 nitrogen and oxygen atoms in total. The minimum absolute atomic E-state index is 0.435. The van der Waals surface area contributed by atoms with Crippen molar-refractivity contribution in [2.75, 3.05) is 17.7 Å². The molecule has 0 bridgehead atoms. The van der Waals surface area contributed by atoms with Crippen LogP contribution in [0.3, 0.4) is 0 Å². The van der Waals surface area contributed by atoms with Gasteiger partial charge in [0.25, 0.3) is 0 Å². The number of anilines is 4. The van der Waals surface area contributed by atoms with Gasteiger partial charge in [0, 0.05) is 23.0 Å². The largest absolute Gasteiger partial charge is 0.495 e. The van der Waals surface area contributed by atoms with Gasteiger partial charge in [-0.1, -0.05) is 11.6 Å². The predicted octanol–water partition coefficient (Wildman–Crippen LogP) is 4.81. The highest BCUT2D eigenvalue weighted by Crippen LogP contribution is 2.32. The molecular weight excluding hydrogens is 350 g/mol. The molecule has 1 heterocycles. The number of nitrogens with one attached hydrogen (secondary N) is 2. The monoisotopic (exact) mass is 365 g/mol. The van der Waals surface area contributed by atoms with Crippen molar-refractivity contribution in [2.45, 2.75) is 6.92 Å². The van der Waals surface area contributed by atoms with E-state index in [-0.39, 0.29) is 0 Å². The number of aryl methyl sites for hydroxylation is 1. The van der Waals surface area contributed by atoms with Crippen molar-refractivity contribution in [1.29, 1.82) is 5.26 Å². The second-order valence-electron chi connectivity index (χ2n) is 5.51. The van der Waals surface area contributed by atoms with Crippen molar-refractivity contribution in [3.05, 3.63) is 64.8 Å². The van der Waals surface area contributed by atoms with Gasteiger partial charge in [0.1, 0.15) is 11.6 Å². The van der Waals surface area contributed by atoms with Crippen molar-refractivity contribution in [3.63, 3.8) is 0 Å². The number of hydrogen-bond donors (Lipinski definition) is 2. The van der Waals surface area contributed by atoms with E-state index in [0.29, 0.717) is 28.1 Å². The van der Waals surface area contributed by atoms with Gasteiger partial charge in [0.05, 0.1) is 24.4 Å². The number of nitrogens with zero attached hydrogens (tertiary/aromatic N) is 3. The van der Waals surface area contributed by atoms with Crippen LogP contribution in [-0.2, 0) is 0 Å². The average Bonchev–Trinajstić information content (AvgIpc) is 2.65. The van der Waals surface area contributed by atoms with Gasteiger partial charge in [-0.2, -0.15) is 10.2 Å². The lowest BCUT2D eigenvalue weighted by atomic mass is 10.2. The van der Waals surface area contributed by atoms with E-state index in [2.05, 4.69) is 26.7 Å². The van der Waals surface area contributed by atoms with Crippen LogP contribution >= 0.6 is 11.6 Å². The summed E-state index contributed by atoms with van der Waals surface area (Å²) in [5.41, 5.74) is 3.08. The van der Waals surface area contributed by atoms with E-state index in [1.165, 1.54) is 0 Å². The quantitative estimate of drug-likeness (QED) is 0.675. The standard InChI is InChI=1S/C19H16ClN5O/c1-12-9-16(17(26-2)10-15(12)20)24-18-7-8-22-19(25-18)23-14-5-3-13(11-21)4-6-14/h3-10H,1-2H3,(H2,22,23,24,25). The van der Waals surface area contributed by atoms with E-state index in [1.807, 2.05) is 13.0 Å². The number of halogens is 1. The van der Waals surface area contributed by atoms with Crippen LogP contribution in [0.4, 0.5) is 23.1 Å². The Morgan fingerprint density at radius 3 is 2.58 bits per heavy atom. The second kappa shape index (κ2) is 7.72. The minimum Gasteiger partial charge on any atom is -0.495 e. The highest BCUT2D eigenvalue weighted by Gasteiger charge is 2.09. The lowest BCUT2D eigenvalue weighted by Gasteiger charge is -2.13. The maximum Gasteiger partial charge on any atom is 0.229 e. The molecule has 0 aliphatic carbocycles. The van der Waals surface area contributed by atoms with Crippen LogP contribution in [0.15, 0.2) is 48.7 Å². The van der Waals surface area contributed by atoms with E-state index in [9.17, 15) is 0 Å². The summed E-state index contributed by atoms with van der Waals surface area (Å²) in [5.74, 6) is 1.67. The van der Waals surface area contributed by atoms with Gasteiger partial charge in [-0.15, -0.1) is 0 Å². The molecule has 0 aliphatic rings. The summed E-state index contributed by atoms with van der Waals surface area (Å²) in [6.45, 7) is 1.92. The fraction of sp³-hybridized carbons (Fsp3) is 0.105. The predicted molar refractivity (Wildman–Crippen MR) is 102 cm³/mol. The van der Waals surface area contributed by atoms with E-state index in [4.69, 9.17) is 21.6 Å². The Hall–Kier alpha value is -3.30. The maximum absolute atomic E-state index is 8.85. The Kier molecular flexibility index (Phi) is 5.20. The molecule has 0 unspecified atom stereocenters. The summed E-state index contributed by atoms with van der Waals surface area (Å²) in [5, 5.41) is 15.8. The van der Waals surface area contributed by atoms with Gasteiger partial charge < -0.3 is 15.4 Å². The van der Waals surface area contributed by atoms with E-state index >= 15 is 0 Å². The van der Waals surface area contributed by atoms with Crippen LogP contribution in [0.1, 0.15) is 11.1 Å². The summed E-state index contributed by atoms with van der Waals surface area (Å²) in [6, 6.07) is 14.6. The number of nitriles is 1. The Morgan fingerprint density at radius 2 is 1.88 bits per heavy atom. The zero-order valence-corrected chi connectivity index (χ0v) is 15.0. The number of aromatic nitrogens is 2.